The second kappa shape index (κ2) is 6.61. The van der Waals surface area contributed by atoms with Crippen LogP contribution in [0.3, 0.4) is 0 Å². The van der Waals surface area contributed by atoms with E-state index in [4.69, 9.17) is 9.84 Å². The monoisotopic (exact) mass is 291 g/mol. The first-order valence-electron chi connectivity index (χ1n) is 7.26. The van der Waals surface area contributed by atoms with Crippen molar-refractivity contribution < 1.29 is 19.4 Å². The van der Waals surface area contributed by atoms with Gasteiger partial charge in [-0.1, -0.05) is 30.3 Å². The van der Waals surface area contributed by atoms with E-state index < -0.39 is 11.5 Å². The van der Waals surface area contributed by atoms with E-state index in [2.05, 4.69) is 0 Å². The van der Waals surface area contributed by atoms with E-state index in [1.165, 1.54) is 4.90 Å². The first-order chi connectivity index (χ1) is 10.1. The van der Waals surface area contributed by atoms with Crippen molar-refractivity contribution in [3.05, 3.63) is 35.9 Å². The molecular formula is C16H21NO4. The van der Waals surface area contributed by atoms with Crippen molar-refractivity contribution >= 4 is 12.1 Å². The van der Waals surface area contributed by atoms with Crippen LogP contribution in [-0.2, 0) is 16.0 Å². The van der Waals surface area contributed by atoms with Gasteiger partial charge >= 0.3 is 12.1 Å². The lowest BCUT2D eigenvalue weighted by Crippen LogP contribution is -2.47. The summed E-state index contributed by atoms with van der Waals surface area (Å²) in [5.74, 6) is -0.209. The number of esters is 1. The number of benzene rings is 1. The second-order valence-electron chi connectivity index (χ2n) is 5.43. The summed E-state index contributed by atoms with van der Waals surface area (Å²) in [5, 5.41) is 9.05. The Hall–Kier alpha value is -2.04. The maximum absolute atomic E-state index is 12.4. The summed E-state index contributed by atoms with van der Waals surface area (Å²) < 4.78 is 5.25. The van der Waals surface area contributed by atoms with Crippen molar-refractivity contribution in [1.82, 2.24) is 4.90 Å². The van der Waals surface area contributed by atoms with E-state index in [-0.39, 0.29) is 5.97 Å². The molecule has 1 amide bonds. The number of carboxylic acid groups (broad SMARTS) is 1. The molecule has 1 heterocycles. The van der Waals surface area contributed by atoms with Crippen LogP contribution in [-0.4, -0.2) is 41.8 Å². The Morgan fingerprint density at radius 1 is 1.24 bits per heavy atom. The van der Waals surface area contributed by atoms with Gasteiger partial charge in [0.15, 0.2) is 0 Å². The molecule has 0 aliphatic carbocycles. The quantitative estimate of drug-likeness (QED) is 0.866. The van der Waals surface area contributed by atoms with Gasteiger partial charge in [-0.2, -0.15) is 0 Å². The highest BCUT2D eigenvalue weighted by Crippen LogP contribution is 2.36. The van der Waals surface area contributed by atoms with Gasteiger partial charge in [-0.25, -0.2) is 4.79 Å². The predicted octanol–water partition coefficient (Wildman–Crippen LogP) is 2.55. The number of nitrogens with zero attached hydrogens (tertiary/aromatic N) is 1. The van der Waals surface area contributed by atoms with E-state index in [0.29, 0.717) is 39.0 Å². The maximum atomic E-state index is 12.4. The second-order valence-corrected chi connectivity index (χ2v) is 5.43. The van der Waals surface area contributed by atoms with Crippen LogP contribution in [0.4, 0.5) is 4.79 Å². The average Bonchev–Trinajstić information content (AvgIpc) is 2.49. The third-order valence-electron chi connectivity index (χ3n) is 4.08. The van der Waals surface area contributed by atoms with Gasteiger partial charge < -0.3 is 14.7 Å². The van der Waals surface area contributed by atoms with Crippen LogP contribution >= 0.6 is 0 Å². The Labute approximate surface area is 124 Å². The summed E-state index contributed by atoms with van der Waals surface area (Å²) in [4.78, 5) is 24.8. The zero-order valence-corrected chi connectivity index (χ0v) is 12.2. The Bertz CT molecular complexity index is 492. The third kappa shape index (κ3) is 3.54. The molecular weight excluding hydrogens is 270 g/mol. The number of hydrogen-bond acceptors (Lipinski definition) is 3. The van der Waals surface area contributed by atoms with Crippen LogP contribution in [0, 0.1) is 5.41 Å². The minimum Gasteiger partial charge on any atom is -0.466 e. The van der Waals surface area contributed by atoms with Crippen molar-refractivity contribution in [2.75, 3.05) is 19.7 Å². The topological polar surface area (TPSA) is 66.8 Å². The highest BCUT2D eigenvalue weighted by atomic mass is 16.5. The van der Waals surface area contributed by atoms with Crippen molar-refractivity contribution in [2.24, 2.45) is 5.41 Å². The van der Waals surface area contributed by atoms with Crippen LogP contribution < -0.4 is 0 Å². The average molecular weight is 291 g/mol. The molecule has 0 spiro atoms. The maximum Gasteiger partial charge on any atom is 0.407 e. The lowest BCUT2D eigenvalue weighted by atomic mass is 9.74. The minimum absolute atomic E-state index is 0.209. The molecule has 21 heavy (non-hydrogen) atoms. The lowest BCUT2D eigenvalue weighted by molar-refractivity contribution is -0.158. The number of amides is 1. The molecule has 1 aliphatic rings. The zero-order chi connectivity index (χ0) is 15.3. The fourth-order valence-electron chi connectivity index (χ4n) is 2.85. The van der Waals surface area contributed by atoms with Gasteiger partial charge in [0.1, 0.15) is 0 Å². The molecule has 2 rings (SSSR count). The number of carbonyl (C=O) groups excluding carboxylic acids is 1. The molecule has 114 valence electrons. The van der Waals surface area contributed by atoms with Crippen LogP contribution in [0.2, 0.25) is 0 Å². The molecule has 0 atom stereocenters. The number of ether oxygens (including phenoxy) is 1. The van der Waals surface area contributed by atoms with E-state index in [1.54, 1.807) is 6.92 Å². The van der Waals surface area contributed by atoms with E-state index in [0.717, 1.165) is 5.56 Å². The summed E-state index contributed by atoms with van der Waals surface area (Å²) in [6.45, 7) is 2.89. The van der Waals surface area contributed by atoms with Crippen molar-refractivity contribution in [2.45, 2.75) is 26.2 Å². The van der Waals surface area contributed by atoms with Gasteiger partial charge in [-0.05, 0) is 31.7 Å². The molecule has 1 aromatic rings. The summed E-state index contributed by atoms with van der Waals surface area (Å²) in [6, 6.07) is 9.81. The largest absolute Gasteiger partial charge is 0.466 e. The highest BCUT2D eigenvalue weighted by molar-refractivity contribution is 5.78. The Kier molecular flexibility index (Phi) is 4.83. The van der Waals surface area contributed by atoms with E-state index >= 15 is 0 Å². The van der Waals surface area contributed by atoms with Crippen molar-refractivity contribution in [3.8, 4) is 0 Å². The molecule has 0 bridgehead atoms. The summed E-state index contributed by atoms with van der Waals surface area (Å²) in [5.41, 5.74) is 0.470. The summed E-state index contributed by atoms with van der Waals surface area (Å²) in [7, 11) is 0. The fourth-order valence-corrected chi connectivity index (χ4v) is 2.85. The number of piperidine rings is 1. The molecule has 5 heteroatoms. The van der Waals surface area contributed by atoms with E-state index in [1.807, 2.05) is 30.3 Å². The third-order valence-corrected chi connectivity index (χ3v) is 4.08. The number of rotatable bonds is 4. The SMILES string of the molecule is CCOC(=O)C1(Cc2ccccc2)CCN(C(=O)O)CC1. The van der Waals surface area contributed by atoms with Gasteiger partial charge in [0, 0.05) is 13.1 Å². The van der Waals surface area contributed by atoms with Gasteiger partial charge in [-0.15, -0.1) is 0 Å². The molecule has 1 N–H and O–H groups in total. The lowest BCUT2D eigenvalue weighted by Gasteiger charge is -2.39. The van der Waals surface area contributed by atoms with Crippen LogP contribution in [0.5, 0.6) is 0 Å². The molecule has 0 aromatic heterocycles. The number of hydrogen-bond donors (Lipinski definition) is 1. The van der Waals surface area contributed by atoms with Gasteiger partial charge in [0.05, 0.1) is 12.0 Å². The zero-order valence-electron chi connectivity index (χ0n) is 12.2. The number of likely N-dealkylation sites (tertiary alicyclic amines) is 1. The molecule has 1 aliphatic heterocycles. The van der Waals surface area contributed by atoms with Gasteiger partial charge in [0.2, 0.25) is 0 Å². The molecule has 0 radical (unpaired) electrons. The first kappa shape index (κ1) is 15.4. The minimum atomic E-state index is -0.924. The fraction of sp³-hybridized carbons (Fsp3) is 0.500. The Balaban J connectivity index is 2.16. The standard InChI is InChI=1S/C16H21NO4/c1-2-21-14(18)16(12-13-6-4-3-5-7-13)8-10-17(11-9-16)15(19)20/h3-7H,2,8-12H2,1H3,(H,19,20). The highest BCUT2D eigenvalue weighted by Gasteiger charge is 2.43. The molecule has 1 saturated heterocycles. The molecule has 0 saturated carbocycles. The Morgan fingerprint density at radius 2 is 1.86 bits per heavy atom. The predicted molar refractivity (Wildman–Crippen MR) is 78.0 cm³/mol. The van der Waals surface area contributed by atoms with Crippen LogP contribution in [0.1, 0.15) is 25.3 Å². The molecule has 1 fully saturated rings. The molecule has 5 nitrogen and oxygen atoms in total. The van der Waals surface area contributed by atoms with Crippen LogP contribution in [0.25, 0.3) is 0 Å². The number of carbonyl (C=O) groups is 2. The summed E-state index contributed by atoms with van der Waals surface area (Å²) >= 11 is 0. The normalized spacial score (nSPS) is 17.3. The van der Waals surface area contributed by atoms with Crippen LogP contribution in [0.15, 0.2) is 30.3 Å². The summed E-state index contributed by atoms with van der Waals surface area (Å²) in [6.07, 6.45) is 0.687. The van der Waals surface area contributed by atoms with Crippen molar-refractivity contribution in [3.63, 3.8) is 0 Å². The Morgan fingerprint density at radius 3 is 2.38 bits per heavy atom. The molecule has 0 unspecified atom stereocenters. The smallest absolute Gasteiger partial charge is 0.407 e. The van der Waals surface area contributed by atoms with Gasteiger partial charge in [-0.3, -0.25) is 4.79 Å². The first-order valence-corrected chi connectivity index (χ1v) is 7.26. The van der Waals surface area contributed by atoms with Gasteiger partial charge in [0.25, 0.3) is 0 Å². The molecule has 1 aromatic carbocycles. The van der Waals surface area contributed by atoms with E-state index in [9.17, 15) is 9.59 Å². The van der Waals surface area contributed by atoms with Crippen molar-refractivity contribution in [1.29, 1.82) is 0 Å².